The van der Waals surface area contributed by atoms with Crippen LogP contribution < -0.4 is 5.32 Å². The second kappa shape index (κ2) is 5.67. The highest BCUT2D eigenvalue weighted by molar-refractivity contribution is 5.03. The van der Waals surface area contributed by atoms with Gasteiger partial charge in [0.05, 0.1) is 5.69 Å². The lowest BCUT2D eigenvalue weighted by Gasteiger charge is -2.11. The normalized spacial score (nSPS) is 12.8. The van der Waals surface area contributed by atoms with Crippen molar-refractivity contribution in [3.8, 4) is 0 Å². The van der Waals surface area contributed by atoms with Gasteiger partial charge in [-0.2, -0.15) is 0 Å². The van der Waals surface area contributed by atoms with Gasteiger partial charge in [-0.1, -0.05) is 6.92 Å². The second-order valence-electron chi connectivity index (χ2n) is 3.07. The second-order valence-corrected chi connectivity index (χ2v) is 3.07. The van der Waals surface area contributed by atoms with Gasteiger partial charge >= 0.3 is 0 Å². The first kappa shape index (κ1) is 11.1. The van der Waals surface area contributed by atoms with E-state index in [-0.39, 0.29) is 6.10 Å². The predicted molar refractivity (Wildman–Crippen MR) is 54.8 cm³/mol. The molecule has 0 bridgehead atoms. The van der Waals surface area contributed by atoms with Gasteiger partial charge in [-0.05, 0) is 19.5 Å². The Morgan fingerprint density at radius 1 is 1.57 bits per heavy atom. The van der Waals surface area contributed by atoms with Gasteiger partial charge in [-0.25, -0.2) is 9.97 Å². The Morgan fingerprint density at radius 3 is 2.93 bits per heavy atom. The summed E-state index contributed by atoms with van der Waals surface area (Å²) < 4.78 is 5.27. The van der Waals surface area contributed by atoms with Crippen LogP contribution in [0.25, 0.3) is 0 Å². The highest BCUT2D eigenvalue weighted by atomic mass is 16.5. The quantitative estimate of drug-likeness (QED) is 0.769. The van der Waals surface area contributed by atoms with Crippen LogP contribution >= 0.6 is 0 Å². The van der Waals surface area contributed by atoms with Crippen molar-refractivity contribution in [2.75, 3.05) is 14.2 Å². The monoisotopic (exact) mass is 195 g/mol. The van der Waals surface area contributed by atoms with Gasteiger partial charge in [0.2, 0.25) is 0 Å². The Labute approximate surface area is 84.7 Å². The molecule has 1 aromatic rings. The van der Waals surface area contributed by atoms with Gasteiger partial charge in [0.15, 0.2) is 5.82 Å². The lowest BCUT2D eigenvalue weighted by Crippen LogP contribution is -2.11. The van der Waals surface area contributed by atoms with Gasteiger partial charge in [-0.3, -0.25) is 0 Å². The van der Waals surface area contributed by atoms with Crippen molar-refractivity contribution < 1.29 is 4.74 Å². The van der Waals surface area contributed by atoms with Crippen molar-refractivity contribution in [3.05, 3.63) is 23.8 Å². The van der Waals surface area contributed by atoms with Crippen LogP contribution in [-0.2, 0) is 11.3 Å². The fourth-order valence-corrected chi connectivity index (χ4v) is 1.30. The molecule has 0 saturated heterocycles. The van der Waals surface area contributed by atoms with Crippen LogP contribution in [-0.4, -0.2) is 24.1 Å². The van der Waals surface area contributed by atoms with E-state index < -0.39 is 0 Å². The summed E-state index contributed by atoms with van der Waals surface area (Å²) in [6.07, 6.45) is 2.67. The molecule has 1 unspecified atom stereocenters. The molecule has 1 heterocycles. The molecule has 0 aliphatic carbocycles. The number of rotatable bonds is 5. The van der Waals surface area contributed by atoms with Crippen molar-refractivity contribution in [2.24, 2.45) is 0 Å². The maximum absolute atomic E-state index is 5.27. The van der Waals surface area contributed by atoms with Gasteiger partial charge in [-0.15, -0.1) is 0 Å². The molecular formula is C10H17N3O. The van der Waals surface area contributed by atoms with Crippen LogP contribution in [0.2, 0.25) is 0 Å². The number of aromatic nitrogens is 2. The van der Waals surface area contributed by atoms with Crippen LogP contribution in [0, 0.1) is 0 Å². The van der Waals surface area contributed by atoms with Gasteiger partial charge in [0.25, 0.3) is 0 Å². The highest BCUT2D eigenvalue weighted by Crippen LogP contribution is 2.15. The number of hydrogen-bond acceptors (Lipinski definition) is 4. The number of ether oxygens (including phenoxy) is 1. The SMILES string of the molecule is CCC(OC)c1nccc(CNC)n1. The fraction of sp³-hybridized carbons (Fsp3) is 0.600. The number of hydrogen-bond donors (Lipinski definition) is 1. The maximum Gasteiger partial charge on any atom is 0.157 e. The molecule has 4 nitrogen and oxygen atoms in total. The third-order valence-corrected chi connectivity index (χ3v) is 2.03. The summed E-state index contributed by atoms with van der Waals surface area (Å²) in [5, 5.41) is 3.06. The largest absolute Gasteiger partial charge is 0.373 e. The topological polar surface area (TPSA) is 47.0 Å². The third kappa shape index (κ3) is 2.75. The Kier molecular flexibility index (Phi) is 4.49. The lowest BCUT2D eigenvalue weighted by atomic mass is 10.2. The number of methoxy groups -OCH3 is 1. The zero-order valence-electron chi connectivity index (χ0n) is 8.95. The predicted octanol–water partition coefficient (Wildman–Crippen LogP) is 1.29. The summed E-state index contributed by atoms with van der Waals surface area (Å²) in [6.45, 7) is 2.82. The summed E-state index contributed by atoms with van der Waals surface area (Å²) in [5.41, 5.74) is 0.994. The first-order chi connectivity index (χ1) is 6.81. The molecule has 0 amide bonds. The van der Waals surface area contributed by atoms with Gasteiger partial charge in [0, 0.05) is 19.9 Å². The molecule has 4 heteroatoms. The van der Waals surface area contributed by atoms with Crippen LogP contribution in [0.3, 0.4) is 0 Å². The lowest BCUT2D eigenvalue weighted by molar-refractivity contribution is 0.0923. The molecule has 0 radical (unpaired) electrons. The minimum atomic E-state index is 0.00630. The van der Waals surface area contributed by atoms with E-state index in [1.54, 1.807) is 13.3 Å². The van der Waals surface area contributed by atoms with Crippen LogP contribution in [0.15, 0.2) is 12.3 Å². The van der Waals surface area contributed by atoms with E-state index in [1.165, 1.54) is 0 Å². The molecule has 0 fully saturated rings. The van der Waals surface area contributed by atoms with E-state index in [0.29, 0.717) is 0 Å². The Bertz CT molecular complexity index is 274. The fourth-order valence-electron chi connectivity index (χ4n) is 1.30. The molecule has 1 N–H and O–H groups in total. The molecule has 0 saturated carbocycles. The Morgan fingerprint density at radius 2 is 2.36 bits per heavy atom. The Hall–Kier alpha value is -1.00. The van der Waals surface area contributed by atoms with E-state index >= 15 is 0 Å². The van der Waals surface area contributed by atoms with Crippen LogP contribution in [0.4, 0.5) is 0 Å². The Balaban J connectivity index is 2.81. The molecule has 14 heavy (non-hydrogen) atoms. The van der Waals surface area contributed by atoms with Crippen LogP contribution in [0.5, 0.6) is 0 Å². The summed E-state index contributed by atoms with van der Waals surface area (Å²) in [4.78, 5) is 8.61. The first-order valence-corrected chi connectivity index (χ1v) is 4.81. The third-order valence-electron chi connectivity index (χ3n) is 2.03. The summed E-state index contributed by atoms with van der Waals surface area (Å²) >= 11 is 0. The van der Waals surface area contributed by atoms with Crippen LogP contribution in [0.1, 0.15) is 31.0 Å². The average Bonchev–Trinajstić information content (AvgIpc) is 2.21. The zero-order chi connectivity index (χ0) is 10.4. The maximum atomic E-state index is 5.27. The molecule has 0 aliphatic heterocycles. The van der Waals surface area contributed by atoms with E-state index in [9.17, 15) is 0 Å². The molecule has 1 atom stereocenters. The van der Waals surface area contributed by atoms with Crippen molar-refractivity contribution in [3.63, 3.8) is 0 Å². The molecule has 0 aliphatic rings. The molecule has 0 aromatic carbocycles. The van der Waals surface area contributed by atoms with E-state index in [1.807, 2.05) is 13.1 Å². The molecule has 1 rings (SSSR count). The number of nitrogens with one attached hydrogen (secondary N) is 1. The van der Waals surface area contributed by atoms with Crippen molar-refractivity contribution in [1.29, 1.82) is 0 Å². The van der Waals surface area contributed by atoms with Crippen molar-refractivity contribution in [1.82, 2.24) is 15.3 Å². The van der Waals surface area contributed by atoms with E-state index in [0.717, 1.165) is 24.5 Å². The van der Waals surface area contributed by atoms with Crippen molar-refractivity contribution >= 4 is 0 Å². The molecular weight excluding hydrogens is 178 g/mol. The molecule has 1 aromatic heterocycles. The average molecular weight is 195 g/mol. The van der Waals surface area contributed by atoms with E-state index in [2.05, 4.69) is 22.2 Å². The smallest absolute Gasteiger partial charge is 0.157 e. The van der Waals surface area contributed by atoms with Gasteiger partial charge < -0.3 is 10.1 Å². The van der Waals surface area contributed by atoms with Crippen molar-refractivity contribution in [2.45, 2.75) is 26.0 Å². The van der Waals surface area contributed by atoms with E-state index in [4.69, 9.17) is 4.74 Å². The highest BCUT2D eigenvalue weighted by Gasteiger charge is 2.10. The molecule has 78 valence electrons. The number of nitrogens with zero attached hydrogens (tertiary/aromatic N) is 2. The minimum absolute atomic E-state index is 0.00630. The molecule has 0 spiro atoms. The summed E-state index contributed by atoms with van der Waals surface area (Å²) in [7, 11) is 3.58. The minimum Gasteiger partial charge on any atom is -0.373 e. The summed E-state index contributed by atoms with van der Waals surface area (Å²) in [6, 6.07) is 1.91. The van der Waals surface area contributed by atoms with Gasteiger partial charge in [0.1, 0.15) is 6.10 Å². The first-order valence-electron chi connectivity index (χ1n) is 4.81. The standard InChI is InChI=1S/C10H17N3O/c1-4-9(14-3)10-12-6-5-8(13-10)7-11-2/h5-6,9,11H,4,7H2,1-3H3. The zero-order valence-corrected chi connectivity index (χ0v) is 8.95. The summed E-state index contributed by atoms with van der Waals surface area (Å²) in [5.74, 6) is 0.766.